The highest BCUT2D eigenvalue weighted by atomic mass is 32.1. The summed E-state index contributed by atoms with van der Waals surface area (Å²) < 4.78 is 0. The van der Waals surface area contributed by atoms with E-state index >= 15 is 0 Å². The van der Waals surface area contributed by atoms with E-state index in [0.29, 0.717) is 13.0 Å². The molecule has 18 heavy (non-hydrogen) atoms. The third-order valence-electron chi connectivity index (χ3n) is 3.31. The normalized spacial score (nSPS) is 23.4. The second-order valence-corrected chi connectivity index (χ2v) is 5.55. The molecular weight excluding hydrogens is 248 g/mol. The quantitative estimate of drug-likeness (QED) is 0.903. The van der Waals surface area contributed by atoms with Gasteiger partial charge in [0.1, 0.15) is 0 Å². The number of likely N-dealkylation sites (tertiary alicyclic amines) is 1. The fraction of sp³-hybridized carbons (Fsp3) is 0.538. The molecule has 4 nitrogen and oxygen atoms in total. The van der Waals surface area contributed by atoms with Crippen LogP contribution in [-0.2, 0) is 9.59 Å². The average molecular weight is 266 g/mol. The Bertz CT molecular complexity index is 430. The number of amides is 2. The molecule has 0 aliphatic carbocycles. The summed E-state index contributed by atoms with van der Waals surface area (Å²) in [5.74, 6) is -0.217. The Morgan fingerprint density at radius 2 is 2.39 bits per heavy atom. The van der Waals surface area contributed by atoms with Gasteiger partial charge in [-0.2, -0.15) is 0 Å². The van der Waals surface area contributed by atoms with Gasteiger partial charge in [-0.25, -0.2) is 0 Å². The van der Waals surface area contributed by atoms with Gasteiger partial charge >= 0.3 is 0 Å². The highest BCUT2D eigenvalue weighted by molar-refractivity contribution is 7.10. The number of carbonyl (C=O) groups excluding carboxylic acids is 2. The van der Waals surface area contributed by atoms with Gasteiger partial charge in [-0.1, -0.05) is 13.0 Å². The van der Waals surface area contributed by atoms with Gasteiger partial charge in [0.2, 0.25) is 11.8 Å². The molecule has 2 rings (SSSR count). The topological polar surface area (TPSA) is 49.4 Å². The summed E-state index contributed by atoms with van der Waals surface area (Å²) in [5, 5.41) is 4.87. The van der Waals surface area contributed by atoms with Crippen LogP contribution < -0.4 is 5.32 Å². The lowest BCUT2D eigenvalue weighted by atomic mass is 9.98. The fourth-order valence-corrected chi connectivity index (χ4v) is 3.27. The predicted octanol–water partition coefficient (Wildman–Crippen LogP) is 1.79. The summed E-state index contributed by atoms with van der Waals surface area (Å²) in [5.41, 5.74) is 0. The van der Waals surface area contributed by atoms with E-state index in [2.05, 4.69) is 5.32 Å². The number of nitrogens with zero attached hydrogens (tertiary/aromatic N) is 1. The molecule has 1 aliphatic heterocycles. The van der Waals surface area contributed by atoms with Crippen LogP contribution in [0.3, 0.4) is 0 Å². The van der Waals surface area contributed by atoms with Crippen LogP contribution in [0.15, 0.2) is 17.5 Å². The maximum atomic E-state index is 12.1. The van der Waals surface area contributed by atoms with Crippen molar-refractivity contribution in [2.45, 2.75) is 25.8 Å². The Labute approximate surface area is 111 Å². The van der Waals surface area contributed by atoms with Gasteiger partial charge in [0.05, 0.1) is 12.0 Å². The van der Waals surface area contributed by atoms with Crippen molar-refractivity contribution in [1.29, 1.82) is 0 Å². The molecule has 1 saturated heterocycles. The number of hydrogen-bond donors (Lipinski definition) is 1. The summed E-state index contributed by atoms with van der Waals surface area (Å²) in [6.07, 6.45) is 1.22. The first-order valence-corrected chi connectivity index (χ1v) is 7.10. The minimum Gasteiger partial charge on any atom is -0.356 e. The van der Waals surface area contributed by atoms with Gasteiger partial charge in [0.15, 0.2) is 0 Å². The van der Waals surface area contributed by atoms with E-state index in [9.17, 15) is 9.59 Å². The molecule has 1 N–H and O–H groups in total. The van der Waals surface area contributed by atoms with Gasteiger partial charge in [0.25, 0.3) is 0 Å². The standard InChI is InChI=1S/C13H18N2O2S/c1-3-6-14-13(17)9-8-11(16)15(2)12(9)10-5-4-7-18-10/h4-5,7,9,12H,3,6,8H2,1-2H3,(H,14,17)/t9-,12+/m0/s1. The first-order valence-electron chi connectivity index (χ1n) is 6.22. The van der Waals surface area contributed by atoms with Crippen molar-refractivity contribution in [3.63, 3.8) is 0 Å². The van der Waals surface area contributed by atoms with Crippen LogP contribution in [0.25, 0.3) is 0 Å². The van der Waals surface area contributed by atoms with Crippen molar-refractivity contribution in [1.82, 2.24) is 10.2 Å². The van der Waals surface area contributed by atoms with Crippen molar-refractivity contribution in [2.75, 3.05) is 13.6 Å². The smallest absolute Gasteiger partial charge is 0.226 e. The van der Waals surface area contributed by atoms with Crippen LogP contribution in [0, 0.1) is 5.92 Å². The number of rotatable bonds is 4. The minimum atomic E-state index is -0.257. The van der Waals surface area contributed by atoms with Crippen molar-refractivity contribution >= 4 is 23.2 Å². The van der Waals surface area contributed by atoms with E-state index in [0.717, 1.165) is 11.3 Å². The zero-order valence-electron chi connectivity index (χ0n) is 10.7. The SMILES string of the molecule is CCCNC(=O)[C@H]1CC(=O)N(C)[C@H]1c1cccs1. The number of hydrogen-bond acceptors (Lipinski definition) is 3. The summed E-state index contributed by atoms with van der Waals surface area (Å²) in [7, 11) is 1.78. The second-order valence-electron chi connectivity index (χ2n) is 4.57. The lowest BCUT2D eigenvalue weighted by molar-refractivity contribution is -0.128. The molecule has 0 spiro atoms. The van der Waals surface area contributed by atoms with Gasteiger partial charge in [-0.3, -0.25) is 9.59 Å². The molecule has 2 amide bonds. The van der Waals surface area contributed by atoms with Crippen LogP contribution in [-0.4, -0.2) is 30.3 Å². The molecule has 1 aromatic rings. The van der Waals surface area contributed by atoms with Crippen LogP contribution in [0.5, 0.6) is 0 Å². The summed E-state index contributed by atoms with van der Waals surface area (Å²) in [4.78, 5) is 26.7. The van der Waals surface area contributed by atoms with E-state index in [4.69, 9.17) is 0 Å². The second kappa shape index (κ2) is 5.52. The van der Waals surface area contributed by atoms with E-state index in [1.165, 1.54) is 0 Å². The van der Waals surface area contributed by atoms with Gasteiger partial charge in [-0.05, 0) is 17.9 Å². The largest absolute Gasteiger partial charge is 0.356 e. The molecule has 2 heterocycles. The van der Waals surface area contributed by atoms with Crippen molar-refractivity contribution in [3.8, 4) is 0 Å². The van der Waals surface area contributed by atoms with Gasteiger partial charge < -0.3 is 10.2 Å². The monoisotopic (exact) mass is 266 g/mol. The Kier molecular flexibility index (Phi) is 4.01. The molecule has 0 saturated carbocycles. The Hall–Kier alpha value is -1.36. The number of thiophene rings is 1. The Morgan fingerprint density at radius 3 is 3.00 bits per heavy atom. The van der Waals surface area contributed by atoms with Crippen LogP contribution >= 0.6 is 11.3 Å². The molecule has 0 unspecified atom stereocenters. The zero-order valence-corrected chi connectivity index (χ0v) is 11.5. The minimum absolute atomic E-state index is 0.00653. The molecule has 1 fully saturated rings. The molecule has 2 atom stereocenters. The summed E-state index contributed by atoms with van der Waals surface area (Å²) >= 11 is 1.60. The first kappa shape index (κ1) is 13.1. The van der Waals surface area contributed by atoms with Crippen molar-refractivity contribution in [3.05, 3.63) is 22.4 Å². The third-order valence-corrected chi connectivity index (χ3v) is 4.25. The fourth-order valence-electron chi connectivity index (χ4n) is 2.33. The van der Waals surface area contributed by atoms with Crippen molar-refractivity contribution < 1.29 is 9.59 Å². The Balaban J connectivity index is 2.18. The lowest BCUT2D eigenvalue weighted by Crippen LogP contribution is -2.34. The maximum Gasteiger partial charge on any atom is 0.226 e. The molecule has 0 aromatic carbocycles. The summed E-state index contributed by atoms with van der Waals surface area (Å²) in [6, 6.07) is 3.84. The van der Waals surface area contributed by atoms with Crippen LogP contribution in [0.4, 0.5) is 0 Å². The van der Waals surface area contributed by atoms with E-state index < -0.39 is 0 Å². The molecule has 1 aromatic heterocycles. The average Bonchev–Trinajstić information content (AvgIpc) is 2.96. The summed E-state index contributed by atoms with van der Waals surface area (Å²) in [6.45, 7) is 2.69. The highest BCUT2D eigenvalue weighted by Gasteiger charge is 2.42. The van der Waals surface area contributed by atoms with E-state index in [1.807, 2.05) is 24.4 Å². The predicted molar refractivity (Wildman–Crippen MR) is 71.2 cm³/mol. The van der Waals surface area contributed by atoms with Crippen molar-refractivity contribution in [2.24, 2.45) is 5.92 Å². The molecule has 0 bridgehead atoms. The van der Waals surface area contributed by atoms with Crippen LogP contribution in [0.2, 0.25) is 0 Å². The highest BCUT2D eigenvalue weighted by Crippen LogP contribution is 2.38. The van der Waals surface area contributed by atoms with Gasteiger partial charge in [0, 0.05) is 24.9 Å². The molecule has 5 heteroatoms. The maximum absolute atomic E-state index is 12.1. The molecule has 1 aliphatic rings. The molecular formula is C13H18N2O2S. The van der Waals surface area contributed by atoms with Gasteiger partial charge in [-0.15, -0.1) is 11.3 Å². The Morgan fingerprint density at radius 1 is 1.61 bits per heavy atom. The number of carbonyl (C=O) groups is 2. The third kappa shape index (κ3) is 2.41. The molecule has 0 radical (unpaired) electrons. The zero-order chi connectivity index (χ0) is 13.1. The van der Waals surface area contributed by atoms with E-state index in [1.54, 1.807) is 23.3 Å². The lowest BCUT2D eigenvalue weighted by Gasteiger charge is -2.23. The number of nitrogens with one attached hydrogen (secondary N) is 1. The van der Waals surface area contributed by atoms with Crippen LogP contribution in [0.1, 0.15) is 30.7 Å². The first-order chi connectivity index (χ1) is 8.65. The molecule has 98 valence electrons. The van der Waals surface area contributed by atoms with E-state index in [-0.39, 0.29) is 23.8 Å².